The standard InChI is InChI=1S/C31H35BINO7/c1-16(2)21-14-22-28(31(37)34(30(22)36)20-7-5-6-19(13-20)32(38)39)23-15-41-25(27(21)23)9-8-17(3)10-18-11-24(33)29(35)26(12-18)40-4/h5-7,10-13,16,22-23,25,28,35,38-39H,8-9,14-15H2,1-4H3/b17-10+/t22-,23+,25-,28-/m1/s1. The molecule has 2 amide bonds. The number of aromatic hydroxyl groups is 1. The first-order chi connectivity index (χ1) is 19.5. The Balaban J connectivity index is 1.38. The highest BCUT2D eigenvalue weighted by Gasteiger charge is 2.57. The minimum Gasteiger partial charge on any atom is -0.504 e. The van der Waals surface area contributed by atoms with E-state index in [-0.39, 0.29) is 41.0 Å². The van der Waals surface area contributed by atoms with Crippen LogP contribution in [0.5, 0.6) is 11.5 Å². The van der Waals surface area contributed by atoms with Crippen molar-refractivity contribution < 1.29 is 34.2 Å². The van der Waals surface area contributed by atoms with Crippen molar-refractivity contribution in [3.8, 4) is 11.5 Å². The number of phenolic OH excluding ortho intramolecular Hbond substituents is 1. The van der Waals surface area contributed by atoms with Crippen LogP contribution in [0.2, 0.25) is 0 Å². The van der Waals surface area contributed by atoms with E-state index in [0.29, 0.717) is 24.5 Å². The van der Waals surface area contributed by atoms with Crippen LogP contribution >= 0.6 is 22.6 Å². The summed E-state index contributed by atoms with van der Waals surface area (Å²) in [4.78, 5) is 28.7. The number of amides is 2. The summed E-state index contributed by atoms with van der Waals surface area (Å²) < 4.78 is 12.4. The van der Waals surface area contributed by atoms with Gasteiger partial charge in [0, 0.05) is 5.92 Å². The number of fused-ring (bicyclic) bond motifs is 3. The zero-order valence-electron chi connectivity index (χ0n) is 23.6. The molecule has 1 aliphatic carbocycles. The first-order valence-electron chi connectivity index (χ1n) is 13.9. The summed E-state index contributed by atoms with van der Waals surface area (Å²) in [6, 6.07) is 10.0. The minimum absolute atomic E-state index is 0.124. The number of imide groups is 1. The van der Waals surface area contributed by atoms with E-state index in [9.17, 15) is 24.7 Å². The maximum Gasteiger partial charge on any atom is 0.488 e. The number of halogens is 1. The van der Waals surface area contributed by atoms with Crippen LogP contribution in [-0.2, 0) is 14.3 Å². The smallest absolute Gasteiger partial charge is 0.488 e. The van der Waals surface area contributed by atoms with Gasteiger partial charge in [-0.15, -0.1) is 0 Å². The van der Waals surface area contributed by atoms with Crippen molar-refractivity contribution in [3.05, 3.63) is 62.3 Å². The number of methoxy groups -OCH3 is 1. The molecule has 216 valence electrons. The van der Waals surface area contributed by atoms with Crippen LogP contribution in [0.15, 0.2) is 53.1 Å². The molecule has 8 nitrogen and oxygen atoms in total. The fourth-order valence-corrected chi connectivity index (χ4v) is 7.21. The number of hydrogen-bond donors (Lipinski definition) is 3. The van der Waals surface area contributed by atoms with Crippen LogP contribution in [0.1, 0.15) is 45.6 Å². The van der Waals surface area contributed by atoms with E-state index in [1.165, 1.54) is 29.2 Å². The molecule has 0 saturated carbocycles. The van der Waals surface area contributed by atoms with Crippen LogP contribution in [0.3, 0.4) is 0 Å². The second-order valence-electron chi connectivity index (χ2n) is 11.5. The van der Waals surface area contributed by atoms with E-state index in [1.54, 1.807) is 18.2 Å². The van der Waals surface area contributed by atoms with E-state index < -0.39 is 19.0 Å². The highest BCUT2D eigenvalue weighted by Crippen LogP contribution is 2.52. The lowest BCUT2D eigenvalue weighted by molar-refractivity contribution is -0.122. The third-order valence-electron chi connectivity index (χ3n) is 8.55. The summed E-state index contributed by atoms with van der Waals surface area (Å²) in [7, 11) is -0.154. The molecule has 3 aliphatic rings. The van der Waals surface area contributed by atoms with E-state index in [4.69, 9.17) is 9.47 Å². The van der Waals surface area contributed by atoms with Crippen LogP contribution in [0, 0.1) is 27.2 Å². The van der Waals surface area contributed by atoms with E-state index in [0.717, 1.165) is 27.5 Å². The van der Waals surface area contributed by atoms with Gasteiger partial charge >= 0.3 is 7.12 Å². The van der Waals surface area contributed by atoms with Crippen LogP contribution in [0.25, 0.3) is 6.08 Å². The molecule has 0 unspecified atom stereocenters. The number of carbonyl (C=O) groups excluding carboxylic acids is 2. The Bertz CT molecular complexity index is 1440. The van der Waals surface area contributed by atoms with Gasteiger partial charge < -0.3 is 24.6 Å². The number of hydrogen-bond acceptors (Lipinski definition) is 7. The fourth-order valence-electron chi connectivity index (χ4n) is 6.59. The lowest BCUT2D eigenvalue weighted by atomic mass is 9.67. The molecule has 3 N–H and O–H groups in total. The second kappa shape index (κ2) is 11.9. The van der Waals surface area contributed by atoms with Gasteiger partial charge in [-0.3, -0.25) is 14.5 Å². The van der Waals surface area contributed by atoms with Gasteiger partial charge in [-0.25, -0.2) is 0 Å². The minimum atomic E-state index is -1.69. The third-order valence-corrected chi connectivity index (χ3v) is 9.37. The molecule has 2 fully saturated rings. The van der Waals surface area contributed by atoms with E-state index >= 15 is 0 Å². The lowest BCUT2D eigenvalue weighted by Gasteiger charge is -2.33. The van der Waals surface area contributed by atoms with Gasteiger partial charge in [0.2, 0.25) is 11.8 Å². The molecule has 0 bridgehead atoms. The molecule has 0 aromatic heterocycles. The summed E-state index contributed by atoms with van der Waals surface area (Å²) >= 11 is 2.09. The molecule has 2 aliphatic heterocycles. The predicted molar refractivity (Wildman–Crippen MR) is 166 cm³/mol. The van der Waals surface area contributed by atoms with Gasteiger partial charge in [0.05, 0.1) is 40.9 Å². The molecule has 0 spiro atoms. The lowest BCUT2D eigenvalue weighted by Crippen LogP contribution is -2.36. The number of nitrogens with zero attached hydrogens (tertiary/aromatic N) is 1. The van der Waals surface area contributed by atoms with Gasteiger partial charge in [-0.05, 0) is 95.6 Å². The molecule has 2 heterocycles. The number of allylic oxidation sites excluding steroid dienone is 2. The highest BCUT2D eigenvalue weighted by molar-refractivity contribution is 14.1. The van der Waals surface area contributed by atoms with Gasteiger partial charge in [0.25, 0.3) is 0 Å². The van der Waals surface area contributed by atoms with Crippen molar-refractivity contribution >= 4 is 58.7 Å². The summed E-state index contributed by atoms with van der Waals surface area (Å²) in [5.74, 6) is -0.793. The largest absolute Gasteiger partial charge is 0.504 e. The maximum absolute atomic E-state index is 13.8. The molecule has 41 heavy (non-hydrogen) atoms. The molecule has 10 heteroatoms. The molecule has 0 radical (unpaired) electrons. The van der Waals surface area contributed by atoms with Gasteiger partial charge in [-0.2, -0.15) is 0 Å². The number of benzene rings is 2. The number of carbonyl (C=O) groups is 2. The molecule has 4 atom stereocenters. The SMILES string of the molecule is COc1cc(/C=C(\C)CC[C@H]2OC[C@H]3C2=C(C(C)C)C[C@H]2C(=O)N(c4cccc(B(O)O)c4)C(=O)[C@H]23)cc(I)c1O. The van der Waals surface area contributed by atoms with Crippen molar-refractivity contribution in [3.63, 3.8) is 0 Å². The quantitative estimate of drug-likeness (QED) is 0.168. The Labute approximate surface area is 254 Å². The Morgan fingerprint density at radius 1 is 1.20 bits per heavy atom. The zero-order chi connectivity index (χ0) is 29.6. The topological polar surface area (TPSA) is 117 Å². The van der Waals surface area contributed by atoms with Crippen LogP contribution in [0.4, 0.5) is 5.69 Å². The van der Waals surface area contributed by atoms with Crippen molar-refractivity contribution in [1.82, 2.24) is 0 Å². The fraction of sp³-hybridized carbons (Fsp3) is 0.419. The Morgan fingerprint density at radius 3 is 2.63 bits per heavy atom. The summed E-state index contributed by atoms with van der Waals surface area (Å²) in [5.41, 5.74) is 5.09. The highest BCUT2D eigenvalue weighted by atomic mass is 127. The van der Waals surface area contributed by atoms with E-state index in [2.05, 4.69) is 49.4 Å². The average Bonchev–Trinajstić information content (AvgIpc) is 3.46. The summed E-state index contributed by atoms with van der Waals surface area (Å²) in [6.07, 6.45) is 4.03. The predicted octanol–water partition coefficient (Wildman–Crippen LogP) is 4.05. The molecule has 5 rings (SSSR count). The number of ether oxygens (including phenoxy) is 2. The van der Waals surface area contributed by atoms with E-state index in [1.807, 2.05) is 12.1 Å². The number of rotatable bonds is 8. The Morgan fingerprint density at radius 2 is 1.95 bits per heavy atom. The average molecular weight is 671 g/mol. The molecule has 2 saturated heterocycles. The van der Waals surface area contributed by atoms with Crippen LogP contribution in [-0.4, -0.2) is 53.9 Å². The maximum atomic E-state index is 13.8. The number of anilines is 1. The van der Waals surface area contributed by atoms with Gasteiger partial charge in [-0.1, -0.05) is 43.2 Å². The first kappa shape index (κ1) is 29.8. The Hall–Kier alpha value is -2.67. The molecular weight excluding hydrogens is 636 g/mol. The number of phenols is 1. The van der Waals surface area contributed by atoms with Gasteiger partial charge in [0.1, 0.15) is 0 Å². The summed E-state index contributed by atoms with van der Waals surface area (Å²) in [6.45, 7) is 6.73. The monoisotopic (exact) mass is 671 g/mol. The first-order valence-corrected chi connectivity index (χ1v) is 15.0. The summed E-state index contributed by atoms with van der Waals surface area (Å²) in [5, 5.41) is 29.4. The van der Waals surface area contributed by atoms with Gasteiger partial charge in [0.15, 0.2) is 11.5 Å². The molecule has 2 aromatic rings. The van der Waals surface area contributed by atoms with Crippen molar-refractivity contribution in [1.29, 1.82) is 0 Å². The van der Waals surface area contributed by atoms with Crippen molar-refractivity contribution in [2.45, 2.75) is 46.1 Å². The molecule has 2 aromatic carbocycles. The Kier molecular flexibility index (Phi) is 8.66. The van der Waals surface area contributed by atoms with Crippen molar-refractivity contribution in [2.24, 2.45) is 23.7 Å². The normalized spacial score (nSPS) is 24.3. The third kappa shape index (κ3) is 5.59. The zero-order valence-corrected chi connectivity index (χ0v) is 25.8. The second-order valence-corrected chi connectivity index (χ2v) is 12.6. The molecular formula is C31H35BINO7. The van der Waals surface area contributed by atoms with Crippen molar-refractivity contribution in [2.75, 3.05) is 18.6 Å². The van der Waals surface area contributed by atoms with Crippen LogP contribution < -0.4 is 15.1 Å².